The van der Waals surface area contributed by atoms with Crippen LogP contribution in [-0.4, -0.2) is 35.4 Å². The van der Waals surface area contributed by atoms with Crippen LogP contribution in [0.25, 0.3) is 21.6 Å². The number of carbonyl (C=O) groups excluding carboxylic acids is 1. The zero-order valence-corrected chi connectivity index (χ0v) is 19.2. The summed E-state index contributed by atoms with van der Waals surface area (Å²) in [5.41, 5.74) is 3.17. The Balaban J connectivity index is 1.41. The number of hydrogen-bond donors (Lipinski definition) is 1. The fourth-order valence-electron chi connectivity index (χ4n) is 3.66. The molecule has 0 aliphatic rings. The average molecular weight is 458 g/mol. The molecule has 0 unspecified atom stereocenters. The standard InChI is InChI=1S/C24H23N7OS/c1-16(2)31-23-19(15-26-31)18(14-20(27-23)21-4-3-13-33-21)24(32)28-22-8-12-30(29-22)11-7-17-5-9-25-10-6-17/h3-6,8-10,12-16H,7,11H2,1-2H3,(H,28,29,32). The van der Waals surface area contributed by atoms with E-state index in [0.29, 0.717) is 23.6 Å². The van der Waals surface area contributed by atoms with Gasteiger partial charge in [-0.3, -0.25) is 14.5 Å². The van der Waals surface area contributed by atoms with Gasteiger partial charge in [0, 0.05) is 37.2 Å². The summed E-state index contributed by atoms with van der Waals surface area (Å²) < 4.78 is 3.67. The van der Waals surface area contributed by atoms with Gasteiger partial charge in [0.1, 0.15) is 0 Å². The molecule has 0 aliphatic heterocycles. The number of pyridine rings is 2. The van der Waals surface area contributed by atoms with Gasteiger partial charge >= 0.3 is 0 Å². The molecule has 0 spiro atoms. The lowest BCUT2D eigenvalue weighted by Gasteiger charge is -2.10. The fraction of sp³-hybridized carbons (Fsp3) is 0.208. The molecular formula is C24H23N7OS. The summed E-state index contributed by atoms with van der Waals surface area (Å²) in [6.07, 6.45) is 7.98. The van der Waals surface area contributed by atoms with Gasteiger partial charge in [0.2, 0.25) is 0 Å². The molecule has 0 bridgehead atoms. The molecule has 9 heteroatoms. The highest BCUT2D eigenvalue weighted by molar-refractivity contribution is 7.13. The normalized spacial score (nSPS) is 11.4. The van der Waals surface area contributed by atoms with Crippen LogP contribution in [0.1, 0.15) is 35.8 Å². The lowest BCUT2D eigenvalue weighted by atomic mass is 10.1. The maximum atomic E-state index is 13.3. The molecular weight excluding hydrogens is 434 g/mol. The van der Waals surface area contributed by atoms with E-state index >= 15 is 0 Å². The SMILES string of the molecule is CC(C)n1ncc2c(C(=O)Nc3ccn(CCc4ccncc4)n3)cc(-c3cccs3)nc21. The first-order chi connectivity index (χ1) is 16.1. The van der Waals surface area contributed by atoms with Gasteiger partial charge in [-0.15, -0.1) is 11.3 Å². The smallest absolute Gasteiger partial charge is 0.257 e. The maximum absolute atomic E-state index is 13.3. The van der Waals surface area contributed by atoms with Gasteiger partial charge in [-0.1, -0.05) is 6.07 Å². The first-order valence-electron chi connectivity index (χ1n) is 10.7. The summed E-state index contributed by atoms with van der Waals surface area (Å²) in [7, 11) is 0. The number of anilines is 1. The molecule has 5 aromatic rings. The molecule has 0 radical (unpaired) electrons. The zero-order valence-electron chi connectivity index (χ0n) is 18.3. The number of nitrogens with one attached hydrogen (secondary N) is 1. The lowest BCUT2D eigenvalue weighted by molar-refractivity contribution is 0.102. The van der Waals surface area contributed by atoms with E-state index in [1.54, 1.807) is 36.0 Å². The Morgan fingerprint density at radius 2 is 2.03 bits per heavy atom. The summed E-state index contributed by atoms with van der Waals surface area (Å²) in [6, 6.07) is 11.7. The number of carbonyl (C=O) groups is 1. The van der Waals surface area contributed by atoms with Crippen molar-refractivity contribution >= 4 is 34.1 Å². The van der Waals surface area contributed by atoms with Gasteiger partial charge in [-0.05, 0) is 55.5 Å². The van der Waals surface area contributed by atoms with Crippen molar-refractivity contribution in [2.24, 2.45) is 0 Å². The van der Waals surface area contributed by atoms with Gasteiger partial charge in [-0.25, -0.2) is 9.67 Å². The zero-order chi connectivity index (χ0) is 22.8. The van der Waals surface area contributed by atoms with E-state index in [9.17, 15) is 4.79 Å². The van der Waals surface area contributed by atoms with Crippen LogP contribution in [0.5, 0.6) is 0 Å². The van der Waals surface area contributed by atoms with Crippen molar-refractivity contribution in [3.63, 3.8) is 0 Å². The van der Waals surface area contributed by atoms with Gasteiger partial charge < -0.3 is 5.32 Å². The molecule has 0 fully saturated rings. The van der Waals surface area contributed by atoms with Crippen LogP contribution in [0.15, 0.2) is 66.6 Å². The van der Waals surface area contributed by atoms with Crippen molar-refractivity contribution in [1.82, 2.24) is 29.5 Å². The largest absolute Gasteiger partial charge is 0.305 e. The second kappa shape index (κ2) is 8.95. The van der Waals surface area contributed by atoms with Crippen molar-refractivity contribution in [2.45, 2.75) is 32.9 Å². The van der Waals surface area contributed by atoms with Crippen LogP contribution in [0.3, 0.4) is 0 Å². The maximum Gasteiger partial charge on any atom is 0.257 e. The van der Waals surface area contributed by atoms with E-state index in [2.05, 4.69) is 20.5 Å². The minimum absolute atomic E-state index is 0.126. The average Bonchev–Trinajstić information content (AvgIpc) is 3.58. The van der Waals surface area contributed by atoms with Crippen molar-refractivity contribution in [1.29, 1.82) is 0 Å². The lowest BCUT2D eigenvalue weighted by Crippen LogP contribution is -2.14. The molecule has 5 heterocycles. The number of thiophene rings is 1. The van der Waals surface area contributed by atoms with Gasteiger partial charge in [0.25, 0.3) is 5.91 Å². The van der Waals surface area contributed by atoms with E-state index in [-0.39, 0.29) is 11.9 Å². The van der Waals surface area contributed by atoms with Crippen molar-refractivity contribution in [2.75, 3.05) is 5.32 Å². The van der Waals surface area contributed by atoms with Crippen LogP contribution in [0.2, 0.25) is 0 Å². The predicted octanol–water partition coefficient (Wildman–Crippen LogP) is 4.83. The van der Waals surface area contributed by atoms with Crippen molar-refractivity contribution in [3.8, 4) is 10.6 Å². The molecule has 166 valence electrons. The Kier molecular flexibility index (Phi) is 5.70. The first kappa shape index (κ1) is 21.0. The van der Waals surface area contributed by atoms with Crippen LogP contribution in [-0.2, 0) is 13.0 Å². The van der Waals surface area contributed by atoms with Gasteiger partial charge in [-0.2, -0.15) is 10.2 Å². The topological polar surface area (TPSA) is 90.5 Å². The number of amides is 1. The summed E-state index contributed by atoms with van der Waals surface area (Å²) in [4.78, 5) is 23.1. The summed E-state index contributed by atoms with van der Waals surface area (Å²) in [5.74, 6) is 0.275. The van der Waals surface area contributed by atoms with E-state index in [4.69, 9.17) is 4.98 Å². The monoisotopic (exact) mass is 457 g/mol. The van der Waals surface area contributed by atoms with Crippen LogP contribution < -0.4 is 5.32 Å². The molecule has 0 atom stereocenters. The first-order valence-corrected chi connectivity index (χ1v) is 11.6. The second-order valence-corrected chi connectivity index (χ2v) is 8.92. The van der Waals surface area contributed by atoms with Crippen LogP contribution >= 0.6 is 11.3 Å². The Morgan fingerprint density at radius 1 is 1.18 bits per heavy atom. The predicted molar refractivity (Wildman–Crippen MR) is 129 cm³/mol. The summed E-state index contributed by atoms with van der Waals surface area (Å²) >= 11 is 1.59. The van der Waals surface area contributed by atoms with Gasteiger partial charge in [0.05, 0.1) is 27.7 Å². The number of fused-ring (bicyclic) bond motifs is 1. The molecule has 8 nitrogen and oxygen atoms in total. The number of aryl methyl sites for hydroxylation is 2. The number of aromatic nitrogens is 6. The van der Waals surface area contributed by atoms with E-state index in [1.165, 1.54) is 5.56 Å². The van der Waals surface area contributed by atoms with Gasteiger partial charge in [0.15, 0.2) is 11.5 Å². The summed E-state index contributed by atoms with van der Waals surface area (Å²) in [5, 5.41) is 14.6. The highest BCUT2D eigenvalue weighted by atomic mass is 32.1. The fourth-order valence-corrected chi connectivity index (χ4v) is 4.35. The molecule has 1 N–H and O–H groups in total. The molecule has 0 saturated heterocycles. The molecule has 33 heavy (non-hydrogen) atoms. The molecule has 0 saturated carbocycles. The van der Waals surface area contributed by atoms with Crippen LogP contribution in [0.4, 0.5) is 5.82 Å². The quantitative estimate of drug-likeness (QED) is 0.378. The molecule has 5 aromatic heterocycles. The Labute approximate surface area is 194 Å². The second-order valence-electron chi connectivity index (χ2n) is 7.98. The highest BCUT2D eigenvalue weighted by Gasteiger charge is 2.19. The van der Waals surface area contributed by atoms with Crippen LogP contribution in [0, 0.1) is 0 Å². The number of rotatable bonds is 7. The molecule has 0 aromatic carbocycles. The third-order valence-electron chi connectivity index (χ3n) is 5.34. The molecule has 1 amide bonds. The van der Waals surface area contributed by atoms with E-state index in [1.807, 2.05) is 65.1 Å². The third-order valence-corrected chi connectivity index (χ3v) is 6.23. The minimum Gasteiger partial charge on any atom is -0.305 e. The van der Waals surface area contributed by atoms with E-state index in [0.717, 1.165) is 22.4 Å². The van der Waals surface area contributed by atoms with E-state index < -0.39 is 0 Å². The third kappa shape index (κ3) is 4.40. The Hall–Kier alpha value is -3.85. The summed E-state index contributed by atoms with van der Waals surface area (Å²) in [6.45, 7) is 4.80. The number of hydrogen-bond acceptors (Lipinski definition) is 6. The van der Waals surface area contributed by atoms with Crippen molar-refractivity contribution < 1.29 is 4.79 Å². The minimum atomic E-state index is -0.233. The molecule has 5 rings (SSSR count). The van der Waals surface area contributed by atoms with Crippen molar-refractivity contribution in [3.05, 3.63) is 77.7 Å². The Bertz CT molecular complexity index is 1390. The Morgan fingerprint density at radius 3 is 2.79 bits per heavy atom. The highest BCUT2D eigenvalue weighted by Crippen LogP contribution is 2.29. The molecule has 0 aliphatic carbocycles. The number of nitrogens with zero attached hydrogens (tertiary/aromatic N) is 6.